The SMILES string of the molecule is COC(=O)c1ccc(CC(=O)NC(c2ccccc2)c2ccccc2N2CCCCC2)cc1OC. The first-order valence-electron chi connectivity index (χ1n) is 12.0. The zero-order valence-corrected chi connectivity index (χ0v) is 20.3. The number of piperidine rings is 1. The van der Waals surface area contributed by atoms with Crippen LogP contribution in [0.2, 0.25) is 0 Å². The fourth-order valence-corrected chi connectivity index (χ4v) is 4.66. The van der Waals surface area contributed by atoms with Crippen LogP contribution in [0.25, 0.3) is 0 Å². The second-order valence-corrected chi connectivity index (χ2v) is 8.72. The highest BCUT2D eigenvalue weighted by atomic mass is 16.5. The molecule has 0 radical (unpaired) electrons. The van der Waals surface area contributed by atoms with Gasteiger partial charge in [0.25, 0.3) is 0 Å². The number of ether oxygens (including phenoxy) is 2. The van der Waals surface area contributed by atoms with Crippen molar-refractivity contribution in [2.45, 2.75) is 31.7 Å². The molecule has 182 valence electrons. The first kappa shape index (κ1) is 24.3. The highest BCUT2D eigenvalue weighted by Crippen LogP contribution is 2.32. The number of benzene rings is 3. The van der Waals surface area contributed by atoms with Gasteiger partial charge in [-0.25, -0.2) is 4.79 Å². The van der Waals surface area contributed by atoms with Gasteiger partial charge in [-0.05, 0) is 48.6 Å². The number of carbonyl (C=O) groups is 2. The van der Waals surface area contributed by atoms with Gasteiger partial charge in [-0.3, -0.25) is 4.79 Å². The zero-order chi connectivity index (χ0) is 24.6. The molecule has 1 atom stereocenters. The first-order valence-corrected chi connectivity index (χ1v) is 12.0. The number of rotatable bonds is 8. The Balaban J connectivity index is 1.60. The van der Waals surface area contributed by atoms with E-state index >= 15 is 0 Å². The van der Waals surface area contributed by atoms with Crippen molar-refractivity contribution in [1.82, 2.24) is 5.32 Å². The maximum atomic E-state index is 13.3. The number of esters is 1. The number of amides is 1. The molecule has 3 aromatic rings. The van der Waals surface area contributed by atoms with Crippen molar-refractivity contribution in [1.29, 1.82) is 0 Å². The molecular weight excluding hydrogens is 440 g/mol. The topological polar surface area (TPSA) is 67.9 Å². The molecule has 0 saturated carbocycles. The van der Waals surface area contributed by atoms with Crippen LogP contribution in [0.5, 0.6) is 5.75 Å². The van der Waals surface area contributed by atoms with Crippen molar-refractivity contribution in [3.8, 4) is 5.75 Å². The van der Waals surface area contributed by atoms with Gasteiger partial charge in [-0.2, -0.15) is 0 Å². The number of para-hydroxylation sites is 1. The van der Waals surface area contributed by atoms with E-state index in [0.717, 1.165) is 29.8 Å². The second-order valence-electron chi connectivity index (χ2n) is 8.72. The summed E-state index contributed by atoms with van der Waals surface area (Å²) in [6.45, 7) is 2.05. The summed E-state index contributed by atoms with van der Waals surface area (Å²) in [5, 5.41) is 3.27. The molecule has 0 aliphatic carbocycles. The number of hydrogen-bond acceptors (Lipinski definition) is 5. The van der Waals surface area contributed by atoms with Crippen molar-refractivity contribution in [2.75, 3.05) is 32.2 Å². The summed E-state index contributed by atoms with van der Waals surface area (Å²) in [5.74, 6) is -0.200. The lowest BCUT2D eigenvalue weighted by atomic mass is 9.95. The number of nitrogens with zero attached hydrogens (tertiary/aromatic N) is 1. The third-order valence-electron chi connectivity index (χ3n) is 6.42. The van der Waals surface area contributed by atoms with Crippen LogP contribution in [-0.2, 0) is 16.0 Å². The van der Waals surface area contributed by atoms with Gasteiger partial charge in [0.2, 0.25) is 5.91 Å². The number of anilines is 1. The van der Waals surface area contributed by atoms with Crippen LogP contribution >= 0.6 is 0 Å². The van der Waals surface area contributed by atoms with Gasteiger partial charge in [-0.15, -0.1) is 0 Å². The lowest BCUT2D eigenvalue weighted by Crippen LogP contribution is -2.34. The van der Waals surface area contributed by atoms with E-state index in [4.69, 9.17) is 9.47 Å². The van der Waals surface area contributed by atoms with Crippen molar-refractivity contribution < 1.29 is 19.1 Å². The van der Waals surface area contributed by atoms with E-state index in [-0.39, 0.29) is 18.4 Å². The Bertz CT molecular complexity index is 1160. The standard InChI is InChI=1S/C29H32N2O4/c1-34-26-19-21(15-16-24(26)29(33)35-2)20-27(32)30-28(22-11-5-3-6-12-22)23-13-7-8-14-25(23)31-17-9-4-10-18-31/h3,5-8,11-16,19,28H,4,9-10,17-18,20H2,1-2H3,(H,30,32). The molecule has 1 aliphatic heterocycles. The van der Waals surface area contributed by atoms with Crippen molar-refractivity contribution >= 4 is 17.6 Å². The summed E-state index contributed by atoms with van der Waals surface area (Å²) < 4.78 is 10.2. The van der Waals surface area contributed by atoms with Crippen LogP contribution in [0.15, 0.2) is 72.8 Å². The van der Waals surface area contributed by atoms with E-state index in [1.54, 1.807) is 18.2 Å². The highest BCUT2D eigenvalue weighted by molar-refractivity contribution is 5.92. The first-order chi connectivity index (χ1) is 17.1. The summed E-state index contributed by atoms with van der Waals surface area (Å²) in [5.41, 5.74) is 4.38. The minimum absolute atomic E-state index is 0.111. The van der Waals surface area contributed by atoms with Crippen LogP contribution in [0.1, 0.15) is 52.4 Å². The number of nitrogens with one attached hydrogen (secondary N) is 1. The summed E-state index contributed by atoms with van der Waals surface area (Å²) >= 11 is 0. The zero-order valence-electron chi connectivity index (χ0n) is 20.3. The minimum atomic E-state index is -0.476. The monoisotopic (exact) mass is 472 g/mol. The van der Waals surface area contributed by atoms with Crippen LogP contribution in [0, 0.1) is 0 Å². The Hall–Kier alpha value is -3.80. The van der Waals surface area contributed by atoms with Crippen LogP contribution in [-0.4, -0.2) is 39.2 Å². The number of methoxy groups -OCH3 is 2. The predicted octanol–water partition coefficient (Wildman–Crippen LogP) is 4.92. The second kappa shape index (κ2) is 11.6. The molecule has 0 aromatic heterocycles. The van der Waals surface area contributed by atoms with Crippen molar-refractivity contribution in [3.05, 3.63) is 95.1 Å². The van der Waals surface area contributed by atoms with E-state index in [1.807, 2.05) is 36.4 Å². The maximum Gasteiger partial charge on any atom is 0.341 e. The van der Waals surface area contributed by atoms with Gasteiger partial charge in [-0.1, -0.05) is 54.6 Å². The molecule has 1 N–H and O–H groups in total. The summed E-state index contributed by atoms with van der Waals surface area (Å²) in [6.07, 6.45) is 3.78. The molecule has 1 heterocycles. The van der Waals surface area contributed by atoms with E-state index in [1.165, 1.54) is 39.2 Å². The molecule has 1 aliphatic rings. The van der Waals surface area contributed by atoms with Gasteiger partial charge in [0.05, 0.1) is 26.7 Å². The Morgan fingerprint density at radius 3 is 2.34 bits per heavy atom. The Labute approximate surface area is 206 Å². The average Bonchev–Trinajstić information content (AvgIpc) is 2.92. The molecule has 1 saturated heterocycles. The van der Waals surface area contributed by atoms with Gasteiger partial charge in [0, 0.05) is 24.3 Å². The van der Waals surface area contributed by atoms with E-state index in [2.05, 4.69) is 28.4 Å². The van der Waals surface area contributed by atoms with Crippen molar-refractivity contribution in [3.63, 3.8) is 0 Å². The van der Waals surface area contributed by atoms with Gasteiger partial charge in [0.1, 0.15) is 11.3 Å². The van der Waals surface area contributed by atoms with Crippen LogP contribution in [0.4, 0.5) is 5.69 Å². The summed E-state index contributed by atoms with van der Waals surface area (Å²) in [7, 11) is 2.82. The van der Waals surface area contributed by atoms with Gasteiger partial charge in [0.15, 0.2) is 0 Å². The van der Waals surface area contributed by atoms with Crippen molar-refractivity contribution in [2.24, 2.45) is 0 Å². The molecule has 0 bridgehead atoms. The Morgan fingerprint density at radius 1 is 0.914 bits per heavy atom. The molecule has 0 spiro atoms. The lowest BCUT2D eigenvalue weighted by molar-refractivity contribution is -0.120. The third-order valence-corrected chi connectivity index (χ3v) is 6.42. The molecule has 6 nitrogen and oxygen atoms in total. The number of hydrogen-bond donors (Lipinski definition) is 1. The van der Waals surface area contributed by atoms with Crippen LogP contribution < -0.4 is 15.0 Å². The Kier molecular flexibility index (Phi) is 8.03. The lowest BCUT2D eigenvalue weighted by Gasteiger charge is -2.33. The molecule has 1 fully saturated rings. The third kappa shape index (κ3) is 5.83. The molecule has 1 unspecified atom stereocenters. The highest BCUT2D eigenvalue weighted by Gasteiger charge is 2.23. The molecule has 4 rings (SSSR count). The van der Waals surface area contributed by atoms with Gasteiger partial charge < -0.3 is 19.7 Å². The average molecular weight is 473 g/mol. The maximum absolute atomic E-state index is 13.3. The van der Waals surface area contributed by atoms with Gasteiger partial charge >= 0.3 is 5.97 Å². The predicted molar refractivity (Wildman–Crippen MR) is 137 cm³/mol. The Morgan fingerprint density at radius 2 is 1.63 bits per heavy atom. The van der Waals surface area contributed by atoms with Crippen LogP contribution in [0.3, 0.4) is 0 Å². The molecule has 1 amide bonds. The molecule has 3 aromatic carbocycles. The largest absolute Gasteiger partial charge is 0.496 e. The van der Waals surface area contributed by atoms with E-state index < -0.39 is 5.97 Å². The normalized spacial score (nSPS) is 14.2. The molecule has 6 heteroatoms. The summed E-state index contributed by atoms with van der Waals surface area (Å²) in [4.78, 5) is 27.7. The fourth-order valence-electron chi connectivity index (χ4n) is 4.66. The summed E-state index contributed by atoms with van der Waals surface area (Å²) in [6, 6.07) is 23.2. The molecular formula is C29H32N2O4. The fraction of sp³-hybridized carbons (Fsp3) is 0.310. The van der Waals surface area contributed by atoms with E-state index in [9.17, 15) is 9.59 Å². The smallest absolute Gasteiger partial charge is 0.341 e. The quantitative estimate of drug-likeness (QED) is 0.472. The minimum Gasteiger partial charge on any atom is -0.496 e. The number of carbonyl (C=O) groups excluding carboxylic acids is 2. The molecule has 35 heavy (non-hydrogen) atoms. The van der Waals surface area contributed by atoms with E-state index in [0.29, 0.717) is 11.3 Å².